The number of allylic oxidation sites excluding steroid dienone is 2. The molecule has 1 atom stereocenters. The van der Waals surface area contributed by atoms with E-state index in [1.165, 1.54) is 17.7 Å². The van der Waals surface area contributed by atoms with E-state index in [0.29, 0.717) is 25.6 Å². The number of nitrogens with zero attached hydrogens (tertiary/aromatic N) is 3. The number of unbranched alkanes of at least 4 members (excludes halogenated alkanes) is 1. The number of benzene rings is 1. The largest absolute Gasteiger partial charge is 0.447 e. The number of likely N-dealkylation sites (tertiary alicyclic amines) is 1. The molecule has 0 saturated carbocycles. The summed E-state index contributed by atoms with van der Waals surface area (Å²) in [5, 5.41) is 9.25. The standard InChI is InChI=1S/C29H39N3O4/c1-20(2)36-28(35)31-18-29(19-31)24-10-3-4-12-26(24)32(27(29)34)17-23-16-21(8-5-6-15-33)13-14-22-9-7-11-25(22)30-23/h3-4,10,12,20-21,33H,5-9,11,13-19H2,1-2H3. The van der Waals surface area contributed by atoms with Crippen LogP contribution in [0.5, 0.6) is 0 Å². The van der Waals surface area contributed by atoms with E-state index >= 15 is 0 Å². The van der Waals surface area contributed by atoms with Crippen LogP contribution in [0.4, 0.5) is 10.5 Å². The van der Waals surface area contributed by atoms with Gasteiger partial charge in [-0.05, 0) is 88.3 Å². The molecule has 1 N–H and O–H groups in total. The lowest BCUT2D eigenvalue weighted by molar-refractivity contribution is -0.128. The second-order valence-corrected chi connectivity index (χ2v) is 11.2. The summed E-state index contributed by atoms with van der Waals surface area (Å²) in [5.41, 5.74) is 5.11. The third kappa shape index (κ3) is 4.70. The SMILES string of the molecule is CC(C)OC(=O)N1CC2(C1)C(=O)N(CC1=NC3=C(CCC3)CCC(CCCCO)C1)c1ccccc12. The topological polar surface area (TPSA) is 82.4 Å². The van der Waals surface area contributed by atoms with Crippen LogP contribution in [0, 0.1) is 5.92 Å². The number of aliphatic hydroxyl groups excluding tert-OH is 1. The molecule has 1 aliphatic carbocycles. The summed E-state index contributed by atoms with van der Waals surface area (Å²) in [7, 11) is 0. The summed E-state index contributed by atoms with van der Waals surface area (Å²) in [6, 6.07) is 8.02. The number of aliphatic hydroxyl groups is 1. The lowest BCUT2D eigenvalue weighted by Gasteiger charge is -2.46. The molecule has 1 fully saturated rings. The van der Waals surface area contributed by atoms with E-state index in [1.807, 2.05) is 43.0 Å². The molecule has 0 bridgehead atoms. The first-order valence-electron chi connectivity index (χ1n) is 13.7. The molecule has 1 aromatic carbocycles. The number of anilines is 1. The van der Waals surface area contributed by atoms with Crippen molar-refractivity contribution < 1.29 is 19.4 Å². The number of ether oxygens (including phenoxy) is 1. The van der Waals surface area contributed by atoms with Crippen LogP contribution >= 0.6 is 0 Å². The minimum absolute atomic E-state index is 0.0690. The average molecular weight is 494 g/mol. The Morgan fingerprint density at radius 2 is 2.00 bits per heavy atom. The van der Waals surface area contributed by atoms with Crippen molar-refractivity contribution in [1.82, 2.24) is 4.90 Å². The van der Waals surface area contributed by atoms with Crippen molar-refractivity contribution in [3.05, 3.63) is 41.1 Å². The Balaban J connectivity index is 1.38. The molecule has 1 saturated heterocycles. The highest BCUT2D eigenvalue weighted by Gasteiger charge is 2.59. The van der Waals surface area contributed by atoms with Crippen LogP contribution in [0.2, 0.25) is 0 Å². The fourth-order valence-electron chi connectivity index (χ4n) is 6.39. The first-order chi connectivity index (χ1) is 17.4. The fraction of sp³-hybridized carbons (Fsp3) is 0.621. The van der Waals surface area contributed by atoms with Gasteiger partial charge < -0.3 is 19.6 Å². The van der Waals surface area contributed by atoms with Gasteiger partial charge in [-0.25, -0.2) is 4.79 Å². The Kier molecular flexibility index (Phi) is 7.20. The number of fused-ring (bicyclic) bond motifs is 2. The molecule has 194 valence electrons. The number of hydrogen-bond donors (Lipinski definition) is 1. The van der Waals surface area contributed by atoms with Gasteiger partial charge in [0, 0.05) is 36.8 Å². The zero-order valence-electron chi connectivity index (χ0n) is 21.7. The van der Waals surface area contributed by atoms with E-state index in [1.54, 1.807) is 4.90 Å². The third-order valence-electron chi connectivity index (χ3n) is 8.21. The molecule has 1 unspecified atom stereocenters. The molecule has 0 radical (unpaired) electrons. The Morgan fingerprint density at radius 1 is 1.19 bits per heavy atom. The van der Waals surface area contributed by atoms with Gasteiger partial charge >= 0.3 is 6.09 Å². The fourth-order valence-corrected chi connectivity index (χ4v) is 6.39. The lowest BCUT2D eigenvalue weighted by atomic mass is 9.75. The van der Waals surface area contributed by atoms with Crippen molar-refractivity contribution in [3.63, 3.8) is 0 Å². The Labute approximate surface area is 214 Å². The molecule has 36 heavy (non-hydrogen) atoms. The van der Waals surface area contributed by atoms with Gasteiger partial charge in [-0.1, -0.05) is 24.6 Å². The first-order valence-corrected chi connectivity index (χ1v) is 13.7. The molecular formula is C29H39N3O4. The van der Waals surface area contributed by atoms with Crippen molar-refractivity contribution in [2.24, 2.45) is 10.9 Å². The predicted molar refractivity (Wildman–Crippen MR) is 140 cm³/mol. The van der Waals surface area contributed by atoms with Crippen LogP contribution in [-0.2, 0) is 14.9 Å². The maximum absolute atomic E-state index is 14.0. The summed E-state index contributed by atoms with van der Waals surface area (Å²) >= 11 is 0. The molecule has 5 rings (SSSR count). The van der Waals surface area contributed by atoms with Gasteiger partial charge in [-0.3, -0.25) is 9.79 Å². The Morgan fingerprint density at radius 3 is 2.78 bits per heavy atom. The number of hydrogen-bond acceptors (Lipinski definition) is 5. The summed E-state index contributed by atoms with van der Waals surface area (Å²) in [5.74, 6) is 0.594. The molecule has 4 aliphatic rings. The van der Waals surface area contributed by atoms with Gasteiger partial charge in [-0.15, -0.1) is 0 Å². The smallest absolute Gasteiger partial charge is 0.410 e. The number of para-hydroxylation sites is 1. The summed E-state index contributed by atoms with van der Waals surface area (Å²) in [6.45, 7) is 5.13. The number of amides is 2. The van der Waals surface area contributed by atoms with Crippen LogP contribution < -0.4 is 4.90 Å². The van der Waals surface area contributed by atoms with Gasteiger partial charge in [0.15, 0.2) is 0 Å². The van der Waals surface area contributed by atoms with Crippen LogP contribution in [-0.4, -0.2) is 60.1 Å². The first kappa shape index (κ1) is 25.0. The van der Waals surface area contributed by atoms with Crippen molar-refractivity contribution in [1.29, 1.82) is 0 Å². The zero-order valence-corrected chi connectivity index (χ0v) is 21.7. The van der Waals surface area contributed by atoms with E-state index in [9.17, 15) is 14.7 Å². The van der Waals surface area contributed by atoms with Gasteiger partial charge in [0.1, 0.15) is 5.41 Å². The molecule has 3 aliphatic heterocycles. The average Bonchev–Trinajstić information content (AvgIpc) is 3.34. The molecule has 3 heterocycles. The molecule has 0 aromatic heterocycles. The minimum Gasteiger partial charge on any atom is -0.447 e. The van der Waals surface area contributed by atoms with Gasteiger partial charge in [0.05, 0.1) is 12.6 Å². The van der Waals surface area contributed by atoms with Crippen molar-refractivity contribution >= 4 is 23.4 Å². The zero-order chi connectivity index (χ0) is 25.3. The van der Waals surface area contributed by atoms with Gasteiger partial charge in [-0.2, -0.15) is 0 Å². The van der Waals surface area contributed by atoms with Crippen LogP contribution in [0.25, 0.3) is 0 Å². The molecule has 1 spiro atoms. The lowest BCUT2D eigenvalue weighted by Crippen LogP contribution is -2.65. The number of carbonyl (C=O) groups excluding carboxylic acids is 2. The highest BCUT2D eigenvalue weighted by molar-refractivity contribution is 6.13. The number of carbonyl (C=O) groups is 2. The quantitative estimate of drug-likeness (QED) is 0.544. The van der Waals surface area contributed by atoms with E-state index in [4.69, 9.17) is 9.73 Å². The second-order valence-electron chi connectivity index (χ2n) is 11.2. The third-order valence-corrected chi connectivity index (χ3v) is 8.21. The summed E-state index contributed by atoms with van der Waals surface area (Å²) in [6.07, 6.45) is 8.96. The van der Waals surface area contributed by atoms with E-state index in [-0.39, 0.29) is 24.7 Å². The summed E-state index contributed by atoms with van der Waals surface area (Å²) in [4.78, 5) is 35.1. The predicted octanol–water partition coefficient (Wildman–Crippen LogP) is 4.97. The molecule has 1 aromatic rings. The van der Waals surface area contributed by atoms with E-state index in [2.05, 4.69) is 0 Å². The van der Waals surface area contributed by atoms with E-state index in [0.717, 1.165) is 68.3 Å². The van der Waals surface area contributed by atoms with Crippen LogP contribution in [0.15, 0.2) is 40.5 Å². The molecular weight excluding hydrogens is 454 g/mol. The van der Waals surface area contributed by atoms with E-state index < -0.39 is 5.41 Å². The van der Waals surface area contributed by atoms with Crippen molar-refractivity contribution in [2.75, 3.05) is 31.1 Å². The number of rotatable bonds is 7. The van der Waals surface area contributed by atoms with Crippen LogP contribution in [0.3, 0.4) is 0 Å². The second kappa shape index (κ2) is 10.4. The monoisotopic (exact) mass is 493 g/mol. The molecule has 7 heteroatoms. The number of aliphatic imine (C=N–C) groups is 1. The maximum Gasteiger partial charge on any atom is 0.410 e. The van der Waals surface area contributed by atoms with Crippen molar-refractivity contribution in [2.45, 2.75) is 83.2 Å². The maximum atomic E-state index is 14.0. The normalized spacial score (nSPS) is 22.8. The van der Waals surface area contributed by atoms with Crippen molar-refractivity contribution in [3.8, 4) is 0 Å². The molecule has 7 nitrogen and oxygen atoms in total. The Hall–Kier alpha value is -2.67. The minimum atomic E-state index is -0.687. The molecule has 2 amide bonds. The van der Waals surface area contributed by atoms with Crippen LogP contribution in [0.1, 0.15) is 77.2 Å². The summed E-state index contributed by atoms with van der Waals surface area (Å²) < 4.78 is 5.37. The van der Waals surface area contributed by atoms with Gasteiger partial charge in [0.25, 0.3) is 0 Å². The highest BCUT2D eigenvalue weighted by Crippen LogP contribution is 2.47. The van der Waals surface area contributed by atoms with Gasteiger partial charge in [0.2, 0.25) is 5.91 Å². The Bertz CT molecular complexity index is 1070. The highest BCUT2D eigenvalue weighted by atomic mass is 16.6.